The molecule has 1 aliphatic heterocycles. The van der Waals surface area contributed by atoms with Crippen LogP contribution in [0.3, 0.4) is 0 Å². The Morgan fingerprint density at radius 3 is 2.67 bits per heavy atom. The van der Waals surface area contributed by atoms with E-state index >= 15 is 0 Å². The van der Waals surface area contributed by atoms with E-state index in [1.807, 2.05) is 24.3 Å². The Balaban J connectivity index is 1.82. The highest BCUT2D eigenvalue weighted by molar-refractivity contribution is 9.10. The Morgan fingerprint density at radius 2 is 1.96 bits per heavy atom. The van der Waals surface area contributed by atoms with Crippen molar-refractivity contribution in [3.05, 3.63) is 34.3 Å². The van der Waals surface area contributed by atoms with E-state index in [0.29, 0.717) is 19.4 Å². The minimum absolute atomic E-state index is 0.141. The number of nitrogens with zero attached hydrogens (tertiary/aromatic N) is 1. The summed E-state index contributed by atoms with van der Waals surface area (Å²) in [5.74, 6) is -1.87. The summed E-state index contributed by atoms with van der Waals surface area (Å²) in [5.41, 5.74) is 0.810. The highest BCUT2D eigenvalue weighted by atomic mass is 79.9. The summed E-state index contributed by atoms with van der Waals surface area (Å²) in [6.07, 6.45) is 1.25. The first-order chi connectivity index (χ1) is 12.9. The number of amides is 3. The predicted octanol–water partition coefficient (Wildman–Crippen LogP) is 0.754. The molecule has 9 heteroatoms. The predicted molar refractivity (Wildman–Crippen MR) is 99.6 cm³/mol. The lowest BCUT2D eigenvalue weighted by molar-refractivity contribution is -0.139. The van der Waals surface area contributed by atoms with Crippen LogP contribution in [0.5, 0.6) is 0 Å². The molecule has 0 aromatic heterocycles. The second kappa shape index (κ2) is 10.1. The summed E-state index contributed by atoms with van der Waals surface area (Å²) < 4.78 is 13.0. The van der Waals surface area contributed by atoms with Crippen LogP contribution in [0, 0.1) is 0 Å². The van der Waals surface area contributed by atoms with E-state index in [9.17, 15) is 23.6 Å². The van der Waals surface area contributed by atoms with Crippen LogP contribution in [0.25, 0.3) is 0 Å². The number of carbonyl (C=O) groups excluding carboxylic acids is 4. The van der Waals surface area contributed by atoms with Crippen molar-refractivity contribution in [3.8, 4) is 0 Å². The van der Waals surface area contributed by atoms with Crippen LogP contribution in [0.1, 0.15) is 18.4 Å². The fraction of sp³-hybridized carbons (Fsp3) is 0.444. The molecule has 0 bridgehead atoms. The van der Waals surface area contributed by atoms with Gasteiger partial charge >= 0.3 is 0 Å². The fourth-order valence-electron chi connectivity index (χ4n) is 2.86. The van der Waals surface area contributed by atoms with Crippen molar-refractivity contribution < 1.29 is 23.6 Å². The maximum absolute atomic E-state index is 12.4. The summed E-state index contributed by atoms with van der Waals surface area (Å²) in [6.45, 7) is -1.34. The standard InChI is InChI=1S/C18H21BrFN3O4/c19-13-4-1-3-12(7-13)8-16(25)21-11-17(26)23-6-2-5-15(23)18(27)22-10-14(24)9-20/h1,3-4,7,15H,2,5-6,8-11H2,(H,21,25)(H,22,27). The van der Waals surface area contributed by atoms with Gasteiger partial charge in [0.05, 0.1) is 19.5 Å². The van der Waals surface area contributed by atoms with E-state index in [4.69, 9.17) is 0 Å². The lowest BCUT2D eigenvalue weighted by atomic mass is 10.1. The van der Waals surface area contributed by atoms with Crippen molar-refractivity contribution in [3.63, 3.8) is 0 Å². The molecule has 7 nitrogen and oxygen atoms in total. The Kier molecular flexibility index (Phi) is 7.90. The van der Waals surface area contributed by atoms with Crippen LogP contribution in [0.2, 0.25) is 0 Å². The number of rotatable bonds is 8. The molecule has 2 rings (SSSR count). The molecule has 1 aromatic carbocycles. The van der Waals surface area contributed by atoms with Crippen molar-refractivity contribution in [2.24, 2.45) is 0 Å². The van der Waals surface area contributed by atoms with Crippen LogP contribution in [0.15, 0.2) is 28.7 Å². The van der Waals surface area contributed by atoms with Crippen LogP contribution >= 0.6 is 15.9 Å². The van der Waals surface area contributed by atoms with Crippen molar-refractivity contribution in [2.45, 2.75) is 25.3 Å². The SMILES string of the molecule is O=C(CF)CNC(=O)C1CCCN1C(=O)CNC(=O)Cc1cccc(Br)c1. The molecule has 3 amide bonds. The third-order valence-corrected chi connectivity index (χ3v) is 4.67. The van der Waals surface area contributed by atoms with Crippen LogP contribution < -0.4 is 10.6 Å². The van der Waals surface area contributed by atoms with Crippen LogP contribution in [-0.4, -0.2) is 60.8 Å². The van der Waals surface area contributed by atoms with E-state index in [1.165, 1.54) is 4.90 Å². The molecule has 1 unspecified atom stereocenters. The Morgan fingerprint density at radius 1 is 1.19 bits per heavy atom. The third-order valence-electron chi connectivity index (χ3n) is 4.18. The monoisotopic (exact) mass is 441 g/mol. The summed E-state index contributed by atoms with van der Waals surface area (Å²) >= 11 is 3.33. The summed E-state index contributed by atoms with van der Waals surface area (Å²) in [6, 6.07) is 6.60. The molecule has 1 aliphatic rings. The zero-order valence-electron chi connectivity index (χ0n) is 14.7. The minimum Gasteiger partial charge on any atom is -0.347 e. The van der Waals surface area contributed by atoms with Gasteiger partial charge in [-0.3, -0.25) is 19.2 Å². The van der Waals surface area contributed by atoms with Gasteiger partial charge in [0.2, 0.25) is 17.7 Å². The molecule has 1 aromatic rings. The van der Waals surface area contributed by atoms with E-state index < -0.39 is 31.0 Å². The normalized spacial score (nSPS) is 16.1. The van der Waals surface area contributed by atoms with Gasteiger partial charge in [-0.05, 0) is 30.5 Å². The molecular formula is C18H21BrFN3O4. The zero-order chi connectivity index (χ0) is 19.8. The number of halogens is 2. The molecule has 27 heavy (non-hydrogen) atoms. The number of hydrogen-bond acceptors (Lipinski definition) is 4. The average molecular weight is 442 g/mol. The lowest BCUT2D eigenvalue weighted by Crippen LogP contribution is -2.49. The number of carbonyl (C=O) groups is 4. The summed E-state index contributed by atoms with van der Waals surface area (Å²) in [7, 11) is 0. The largest absolute Gasteiger partial charge is 0.347 e. The first kappa shape index (κ1) is 21.0. The second-order valence-corrected chi connectivity index (χ2v) is 7.13. The number of Topliss-reactive ketones (excluding diaryl/α,β-unsaturated/α-hetero) is 1. The molecule has 1 heterocycles. The summed E-state index contributed by atoms with van der Waals surface area (Å²) in [4.78, 5) is 48.9. The quantitative estimate of drug-likeness (QED) is 0.622. The second-order valence-electron chi connectivity index (χ2n) is 6.22. The Labute approximate surface area is 164 Å². The highest BCUT2D eigenvalue weighted by Crippen LogP contribution is 2.17. The molecule has 0 aliphatic carbocycles. The van der Waals surface area contributed by atoms with Gasteiger partial charge in [0, 0.05) is 11.0 Å². The topological polar surface area (TPSA) is 95.6 Å². The molecule has 146 valence electrons. The maximum atomic E-state index is 12.4. The molecule has 2 N–H and O–H groups in total. The van der Waals surface area contributed by atoms with E-state index in [1.54, 1.807) is 0 Å². The molecule has 1 saturated heterocycles. The molecule has 1 atom stereocenters. The van der Waals surface area contributed by atoms with E-state index in [2.05, 4.69) is 26.6 Å². The van der Waals surface area contributed by atoms with Crippen molar-refractivity contribution in [1.29, 1.82) is 0 Å². The average Bonchev–Trinajstić information content (AvgIpc) is 3.13. The van der Waals surface area contributed by atoms with Gasteiger partial charge in [-0.2, -0.15) is 0 Å². The van der Waals surface area contributed by atoms with Crippen molar-refractivity contribution in [1.82, 2.24) is 15.5 Å². The van der Waals surface area contributed by atoms with E-state index in [-0.39, 0.29) is 24.8 Å². The molecule has 1 fully saturated rings. The molecule has 0 spiro atoms. The van der Waals surface area contributed by atoms with E-state index in [0.717, 1.165) is 10.0 Å². The number of alkyl halides is 1. The van der Waals surface area contributed by atoms with Gasteiger partial charge in [-0.15, -0.1) is 0 Å². The van der Waals surface area contributed by atoms with Gasteiger partial charge in [0.1, 0.15) is 12.7 Å². The van der Waals surface area contributed by atoms with Gasteiger partial charge < -0.3 is 15.5 Å². The Hall–Kier alpha value is -2.29. The van der Waals surface area contributed by atoms with Gasteiger partial charge in [-0.1, -0.05) is 28.1 Å². The highest BCUT2D eigenvalue weighted by Gasteiger charge is 2.33. The fourth-order valence-corrected chi connectivity index (χ4v) is 3.31. The molecule has 0 radical (unpaired) electrons. The smallest absolute Gasteiger partial charge is 0.243 e. The number of ketones is 1. The first-order valence-electron chi connectivity index (χ1n) is 8.56. The molecular weight excluding hydrogens is 421 g/mol. The van der Waals surface area contributed by atoms with Gasteiger partial charge in [-0.25, -0.2) is 4.39 Å². The van der Waals surface area contributed by atoms with Crippen LogP contribution in [0.4, 0.5) is 4.39 Å². The number of benzene rings is 1. The number of hydrogen-bond donors (Lipinski definition) is 2. The Bertz CT molecular complexity index is 728. The van der Waals surface area contributed by atoms with Gasteiger partial charge in [0.25, 0.3) is 0 Å². The lowest BCUT2D eigenvalue weighted by Gasteiger charge is -2.24. The number of likely N-dealkylation sites (tertiary alicyclic amines) is 1. The minimum atomic E-state index is -1.14. The first-order valence-corrected chi connectivity index (χ1v) is 9.36. The molecule has 0 saturated carbocycles. The number of nitrogens with one attached hydrogen (secondary N) is 2. The van der Waals surface area contributed by atoms with Crippen molar-refractivity contribution >= 4 is 39.4 Å². The third kappa shape index (κ3) is 6.42. The summed E-state index contributed by atoms with van der Waals surface area (Å²) in [5, 5.41) is 4.91. The zero-order valence-corrected chi connectivity index (χ0v) is 16.3. The van der Waals surface area contributed by atoms with Gasteiger partial charge in [0.15, 0.2) is 5.78 Å². The van der Waals surface area contributed by atoms with Crippen molar-refractivity contribution in [2.75, 3.05) is 26.3 Å². The van der Waals surface area contributed by atoms with Crippen LogP contribution in [-0.2, 0) is 25.6 Å². The maximum Gasteiger partial charge on any atom is 0.243 e.